The van der Waals surface area contributed by atoms with Crippen LogP contribution in [0.2, 0.25) is 5.02 Å². The van der Waals surface area contributed by atoms with E-state index in [0.717, 1.165) is 5.56 Å². The van der Waals surface area contributed by atoms with Gasteiger partial charge in [0.25, 0.3) is 5.91 Å². The third-order valence-electron chi connectivity index (χ3n) is 3.57. The zero-order chi connectivity index (χ0) is 19.2. The van der Waals surface area contributed by atoms with Gasteiger partial charge in [0.05, 0.1) is 4.88 Å². The summed E-state index contributed by atoms with van der Waals surface area (Å²) in [4.78, 5) is 24.5. The summed E-state index contributed by atoms with van der Waals surface area (Å²) in [6.45, 7) is 1.63. The predicted octanol–water partition coefficient (Wildman–Crippen LogP) is 4.95. The minimum absolute atomic E-state index is 0.179. The maximum absolute atomic E-state index is 12.0. The van der Waals surface area contributed by atoms with E-state index in [4.69, 9.17) is 21.1 Å². The van der Waals surface area contributed by atoms with Gasteiger partial charge in [-0.1, -0.05) is 17.7 Å². The van der Waals surface area contributed by atoms with Crippen molar-refractivity contribution in [3.8, 4) is 11.5 Å². The Labute approximate surface area is 165 Å². The first-order valence-corrected chi connectivity index (χ1v) is 9.31. The standard InChI is InChI=1S/C20H16ClNO4S/c1-13-11-16(8-9-17(13)21)25-12-19(23)26-15-6-4-14(5-7-15)22-20(24)18-3-2-10-27-18/h2-11H,12H2,1H3,(H,22,24). The third-order valence-corrected chi connectivity index (χ3v) is 4.87. The van der Waals surface area contributed by atoms with Crippen LogP contribution in [0.1, 0.15) is 15.2 Å². The molecule has 0 saturated heterocycles. The summed E-state index contributed by atoms with van der Waals surface area (Å²) in [5.41, 5.74) is 1.48. The third kappa shape index (κ3) is 5.32. The van der Waals surface area contributed by atoms with E-state index in [9.17, 15) is 9.59 Å². The molecule has 0 aliphatic heterocycles. The van der Waals surface area contributed by atoms with Crippen molar-refractivity contribution in [3.05, 3.63) is 75.4 Å². The van der Waals surface area contributed by atoms with E-state index < -0.39 is 5.97 Å². The molecule has 1 N–H and O–H groups in total. The second-order valence-corrected chi connectivity index (χ2v) is 6.98. The molecule has 0 radical (unpaired) electrons. The summed E-state index contributed by atoms with van der Waals surface area (Å²) in [6.07, 6.45) is 0. The van der Waals surface area contributed by atoms with Crippen LogP contribution in [0.3, 0.4) is 0 Å². The predicted molar refractivity (Wildman–Crippen MR) is 106 cm³/mol. The minimum Gasteiger partial charge on any atom is -0.482 e. The Morgan fingerprint density at radius 2 is 1.81 bits per heavy atom. The molecule has 1 heterocycles. The summed E-state index contributed by atoms with van der Waals surface area (Å²) in [6, 6.07) is 15.3. The number of amides is 1. The van der Waals surface area contributed by atoms with Crippen molar-refractivity contribution in [2.45, 2.75) is 6.92 Å². The second kappa shape index (κ2) is 8.70. The molecule has 0 atom stereocenters. The number of rotatable bonds is 6. The quantitative estimate of drug-likeness (QED) is 0.469. The van der Waals surface area contributed by atoms with Gasteiger partial charge >= 0.3 is 5.97 Å². The van der Waals surface area contributed by atoms with Crippen LogP contribution < -0.4 is 14.8 Å². The highest BCUT2D eigenvalue weighted by Crippen LogP contribution is 2.21. The van der Waals surface area contributed by atoms with E-state index in [1.54, 1.807) is 48.5 Å². The Balaban J connectivity index is 1.50. The Bertz CT molecular complexity index is 939. The van der Waals surface area contributed by atoms with E-state index in [0.29, 0.717) is 27.1 Å². The van der Waals surface area contributed by atoms with Gasteiger partial charge in [-0.25, -0.2) is 4.79 Å². The molecule has 138 valence electrons. The van der Waals surface area contributed by atoms with Crippen LogP contribution in [0.4, 0.5) is 5.69 Å². The highest BCUT2D eigenvalue weighted by molar-refractivity contribution is 7.12. The van der Waals surface area contributed by atoms with Crippen molar-refractivity contribution < 1.29 is 19.1 Å². The maximum Gasteiger partial charge on any atom is 0.349 e. The van der Waals surface area contributed by atoms with Gasteiger partial charge in [0.15, 0.2) is 6.61 Å². The number of benzene rings is 2. The molecule has 0 aliphatic rings. The number of hydrogen-bond acceptors (Lipinski definition) is 5. The van der Waals surface area contributed by atoms with Crippen molar-refractivity contribution >= 4 is 40.5 Å². The molecule has 0 unspecified atom stereocenters. The van der Waals surface area contributed by atoms with Crippen LogP contribution in [0.5, 0.6) is 11.5 Å². The molecule has 1 amide bonds. The summed E-state index contributed by atoms with van der Waals surface area (Å²) in [5, 5.41) is 5.25. The zero-order valence-electron chi connectivity index (χ0n) is 14.4. The molecule has 0 saturated carbocycles. The Hall–Kier alpha value is -2.83. The normalized spacial score (nSPS) is 10.3. The molecule has 3 rings (SSSR count). The topological polar surface area (TPSA) is 64.6 Å². The van der Waals surface area contributed by atoms with Gasteiger partial charge in [-0.05, 0) is 66.4 Å². The lowest BCUT2D eigenvalue weighted by atomic mass is 10.2. The molecule has 0 spiro atoms. The fourth-order valence-corrected chi connectivity index (χ4v) is 2.95. The fourth-order valence-electron chi connectivity index (χ4n) is 2.22. The average molecular weight is 402 g/mol. The van der Waals surface area contributed by atoms with E-state index in [1.165, 1.54) is 11.3 Å². The molecular weight excluding hydrogens is 386 g/mol. The van der Waals surface area contributed by atoms with Gasteiger partial charge in [0.1, 0.15) is 11.5 Å². The Morgan fingerprint density at radius 3 is 2.48 bits per heavy atom. The van der Waals surface area contributed by atoms with Crippen molar-refractivity contribution in [3.63, 3.8) is 0 Å². The minimum atomic E-state index is -0.530. The van der Waals surface area contributed by atoms with Gasteiger partial charge in [-0.2, -0.15) is 0 Å². The van der Waals surface area contributed by atoms with E-state index >= 15 is 0 Å². The zero-order valence-corrected chi connectivity index (χ0v) is 16.0. The molecule has 27 heavy (non-hydrogen) atoms. The van der Waals surface area contributed by atoms with Crippen molar-refractivity contribution in [1.29, 1.82) is 0 Å². The highest BCUT2D eigenvalue weighted by atomic mass is 35.5. The highest BCUT2D eigenvalue weighted by Gasteiger charge is 2.09. The molecule has 7 heteroatoms. The molecule has 0 aliphatic carbocycles. The first-order valence-electron chi connectivity index (χ1n) is 8.06. The number of carbonyl (C=O) groups excluding carboxylic acids is 2. The summed E-state index contributed by atoms with van der Waals surface area (Å²) in [5.74, 6) is 0.199. The number of aryl methyl sites for hydroxylation is 1. The number of hydrogen-bond donors (Lipinski definition) is 1. The summed E-state index contributed by atoms with van der Waals surface area (Å²) < 4.78 is 10.6. The molecule has 3 aromatic rings. The van der Waals surface area contributed by atoms with Crippen LogP contribution in [0.25, 0.3) is 0 Å². The van der Waals surface area contributed by atoms with Crippen LogP contribution in [-0.2, 0) is 4.79 Å². The molecule has 1 aromatic heterocycles. The average Bonchev–Trinajstić information content (AvgIpc) is 3.19. The molecule has 5 nitrogen and oxygen atoms in total. The molecule has 0 fully saturated rings. The second-order valence-electron chi connectivity index (χ2n) is 5.63. The van der Waals surface area contributed by atoms with Gasteiger partial charge < -0.3 is 14.8 Å². The number of nitrogens with one attached hydrogen (secondary N) is 1. The van der Waals surface area contributed by atoms with Gasteiger partial charge in [-0.15, -0.1) is 11.3 Å². The van der Waals surface area contributed by atoms with Crippen molar-refractivity contribution in [1.82, 2.24) is 0 Å². The Kier molecular flexibility index (Phi) is 6.11. The fraction of sp³-hybridized carbons (Fsp3) is 0.100. The number of esters is 1. The molecular formula is C20H16ClNO4S. The number of ether oxygens (including phenoxy) is 2. The molecule has 2 aromatic carbocycles. The monoisotopic (exact) mass is 401 g/mol. The maximum atomic E-state index is 12.0. The Morgan fingerprint density at radius 1 is 1.07 bits per heavy atom. The summed E-state index contributed by atoms with van der Waals surface area (Å²) >= 11 is 7.32. The van der Waals surface area contributed by atoms with Gasteiger partial charge in [-0.3, -0.25) is 4.79 Å². The van der Waals surface area contributed by atoms with E-state index in [-0.39, 0.29) is 12.5 Å². The van der Waals surface area contributed by atoms with Crippen molar-refractivity contribution in [2.75, 3.05) is 11.9 Å². The first kappa shape index (κ1) is 18.9. The van der Waals surface area contributed by atoms with Crippen LogP contribution >= 0.6 is 22.9 Å². The number of halogens is 1. The van der Waals surface area contributed by atoms with Gasteiger partial charge in [0.2, 0.25) is 0 Å². The molecule has 0 bridgehead atoms. The summed E-state index contributed by atoms with van der Waals surface area (Å²) in [7, 11) is 0. The lowest BCUT2D eigenvalue weighted by molar-refractivity contribution is -0.136. The van der Waals surface area contributed by atoms with Crippen molar-refractivity contribution in [2.24, 2.45) is 0 Å². The number of carbonyl (C=O) groups is 2. The smallest absolute Gasteiger partial charge is 0.349 e. The lowest BCUT2D eigenvalue weighted by Gasteiger charge is -2.09. The largest absolute Gasteiger partial charge is 0.482 e. The lowest BCUT2D eigenvalue weighted by Crippen LogP contribution is -2.17. The van der Waals surface area contributed by atoms with Crippen LogP contribution in [0.15, 0.2) is 60.0 Å². The van der Waals surface area contributed by atoms with Crippen LogP contribution in [0, 0.1) is 6.92 Å². The number of thiophene rings is 1. The van der Waals surface area contributed by atoms with Gasteiger partial charge in [0, 0.05) is 10.7 Å². The van der Waals surface area contributed by atoms with Crippen LogP contribution in [-0.4, -0.2) is 18.5 Å². The first-order chi connectivity index (χ1) is 13.0. The van der Waals surface area contributed by atoms with E-state index in [2.05, 4.69) is 5.32 Å². The SMILES string of the molecule is Cc1cc(OCC(=O)Oc2ccc(NC(=O)c3cccs3)cc2)ccc1Cl. The van der Waals surface area contributed by atoms with E-state index in [1.807, 2.05) is 18.4 Å². The number of anilines is 1.